The van der Waals surface area contributed by atoms with Gasteiger partial charge in [-0.15, -0.1) is 0 Å². The van der Waals surface area contributed by atoms with Gasteiger partial charge in [-0.25, -0.2) is 4.79 Å². The number of Topliss-reactive ketones (excluding diaryl/α,β-unsaturated/α-hetero) is 1. The van der Waals surface area contributed by atoms with Gasteiger partial charge in [0.1, 0.15) is 12.1 Å². The van der Waals surface area contributed by atoms with E-state index >= 15 is 0 Å². The first-order chi connectivity index (χ1) is 18.8. The summed E-state index contributed by atoms with van der Waals surface area (Å²) in [6, 6.07) is 14.7. The minimum absolute atomic E-state index is 0.0563. The largest absolute Gasteiger partial charge is 0.414 e. The Kier molecular flexibility index (Phi) is 7.74. The number of hydrogen-bond acceptors (Lipinski definition) is 7. The van der Waals surface area contributed by atoms with E-state index in [1.807, 2.05) is 50.2 Å². The van der Waals surface area contributed by atoms with Gasteiger partial charge in [-0.1, -0.05) is 55.5 Å². The Bertz CT molecular complexity index is 1360. The number of carbonyl (C=O) groups is 4. The Balaban J connectivity index is 1.26. The van der Waals surface area contributed by atoms with Gasteiger partial charge >= 0.3 is 6.09 Å². The maximum atomic E-state index is 13.7. The summed E-state index contributed by atoms with van der Waals surface area (Å²) >= 11 is 1.34. The van der Waals surface area contributed by atoms with Crippen LogP contribution in [-0.2, 0) is 9.59 Å². The molecular formula is C29H30N4O5S. The molecule has 39 heavy (non-hydrogen) atoms. The molecule has 2 aliphatic rings. The minimum Gasteiger partial charge on any atom is -0.399 e. The summed E-state index contributed by atoms with van der Waals surface area (Å²) in [5.41, 5.74) is 1.42. The number of aromatic nitrogens is 1. The molecule has 0 bridgehead atoms. The topological polar surface area (TPSA) is 109 Å². The number of fused-ring (bicyclic) bond motifs is 1. The van der Waals surface area contributed by atoms with E-state index in [9.17, 15) is 19.2 Å². The number of hydrogen-bond donors (Lipinski definition) is 1. The smallest absolute Gasteiger partial charge is 0.399 e. The molecule has 3 atom stereocenters. The van der Waals surface area contributed by atoms with E-state index in [2.05, 4.69) is 10.3 Å². The maximum Gasteiger partial charge on any atom is 0.414 e. The van der Waals surface area contributed by atoms with Crippen molar-refractivity contribution in [1.82, 2.24) is 20.1 Å². The molecule has 3 aromatic rings. The number of thiophene rings is 1. The SMILES string of the molecule is CC(C)CC(NC(=O)Oc1ccc(-c2ccccc2)s1)C(=O)N1CCC2C1C(=O)CN2C(=O)c1cccnc1. The zero-order chi connectivity index (χ0) is 27.5. The molecule has 1 aromatic carbocycles. The van der Waals surface area contributed by atoms with Crippen molar-refractivity contribution in [2.45, 2.75) is 44.8 Å². The third-order valence-electron chi connectivity index (χ3n) is 7.01. The molecule has 2 aliphatic heterocycles. The number of carbonyl (C=O) groups excluding carboxylic acids is 4. The van der Waals surface area contributed by atoms with Gasteiger partial charge in [-0.2, -0.15) is 0 Å². The summed E-state index contributed by atoms with van der Waals surface area (Å²) in [4.78, 5) is 60.6. The third-order valence-corrected chi connectivity index (χ3v) is 8.02. The number of amides is 3. The average Bonchev–Trinajstić information content (AvgIpc) is 3.66. The van der Waals surface area contributed by atoms with Crippen LogP contribution in [0.15, 0.2) is 67.0 Å². The monoisotopic (exact) mass is 546 g/mol. The first kappa shape index (κ1) is 26.6. The van der Waals surface area contributed by atoms with Crippen LogP contribution >= 0.6 is 11.3 Å². The molecule has 4 heterocycles. The molecule has 5 rings (SSSR count). The molecular weight excluding hydrogens is 516 g/mol. The highest BCUT2D eigenvalue weighted by atomic mass is 32.1. The van der Waals surface area contributed by atoms with Crippen LogP contribution in [0.1, 0.15) is 37.0 Å². The first-order valence-electron chi connectivity index (χ1n) is 13.0. The van der Waals surface area contributed by atoms with E-state index in [1.54, 1.807) is 24.4 Å². The van der Waals surface area contributed by atoms with Gasteiger partial charge in [-0.3, -0.25) is 19.4 Å². The van der Waals surface area contributed by atoms with Crippen LogP contribution in [0.5, 0.6) is 5.06 Å². The van der Waals surface area contributed by atoms with Crippen molar-refractivity contribution < 1.29 is 23.9 Å². The zero-order valence-electron chi connectivity index (χ0n) is 21.8. The van der Waals surface area contributed by atoms with Crippen LogP contribution in [0.2, 0.25) is 0 Å². The number of nitrogens with one attached hydrogen (secondary N) is 1. The first-order valence-corrected chi connectivity index (χ1v) is 13.8. The molecule has 2 saturated heterocycles. The molecule has 3 amide bonds. The second kappa shape index (κ2) is 11.4. The molecule has 2 aromatic heterocycles. The lowest BCUT2D eigenvalue weighted by Crippen LogP contribution is -2.53. The fourth-order valence-electron chi connectivity index (χ4n) is 5.28. The van der Waals surface area contributed by atoms with E-state index in [0.717, 1.165) is 10.4 Å². The fraction of sp³-hybridized carbons (Fsp3) is 0.345. The average molecular weight is 547 g/mol. The lowest BCUT2D eigenvalue weighted by molar-refractivity contribution is -0.138. The number of benzene rings is 1. The molecule has 3 unspecified atom stereocenters. The fourth-order valence-corrected chi connectivity index (χ4v) is 6.14. The lowest BCUT2D eigenvalue weighted by atomic mass is 10.0. The normalized spacial score (nSPS) is 19.2. The summed E-state index contributed by atoms with van der Waals surface area (Å²) in [5.74, 6) is -0.689. The van der Waals surface area contributed by atoms with Crippen LogP contribution in [-0.4, -0.2) is 69.7 Å². The molecule has 0 spiro atoms. The van der Waals surface area contributed by atoms with Crippen molar-refractivity contribution in [3.63, 3.8) is 0 Å². The predicted octanol–water partition coefficient (Wildman–Crippen LogP) is 4.01. The molecule has 2 fully saturated rings. The number of pyridine rings is 1. The highest BCUT2D eigenvalue weighted by Crippen LogP contribution is 2.34. The number of ketones is 1. The molecule has 0 radical (unpaired) electrons. The van der Waals surface area contributed by atoms with E-state index in [1.165, 1.54) is 27.3 Å². The van der Waals surface area contributed by atoms with Crippen molar-refractivity contribution in [2.75, 3.05) is 13.1 Å². The summed E-state index contributed by atoms with van der Waals surface area (Å²) in [6.45, 7) is 4.19. The third kappa shape index (κ3) is 5.70. The lowest BCUT2D eigenvalue weighted by Gasteiger charge is -2.28. The van der Waals surface area contributed by atoms with Crippen LogP contribution in [0.4, 0.5) is 4.79 Å². The molecule has 1 N–H and O–H groups in total. The highest BCUT2D eigenvalue weighted by molar-refractivity contribution is 7.17. The van der Waals surface area contributed by atoms with E-state index < -0.39 is 24.2 Å². The predicted molar refractivity (Wildman–Crippen MR) is 146 cm³/mol. The molecule has 9 nitrogen and oxygen atoms in total. The van der Waals surface area contributed by atoms with Gasteiger partial charge in [0.05, 0.1) is 18.2 Å². The van der Waals surface area contributed by atoms with Crippen LogP contribution in [0.25, 0.3) is 10.4 Å². The van der Waals surface area contributed by atoms with Gasteiger partial charge < -0.3 is 19.9 Å². The molecule has 202 valence electrons. The van der Waals surface area contributed by atoms with E-state index in [4.69, 9.17) is 4.74 Å². The molecule has 0 aliphatic carbocycles. The number of rotatable bonds is 7. The highest BCUT2D eigenvalue weighted by Gasteiger charge is 2.52. The number of likely N-dealkylation sites (tertiary alicyclic amines) is 2. The van der Waals surface area contributed by atoms with E-state index in [0.29, 0.717) is 30.0 Å². The van der Waals surface area contributed by atoms with Crippen LogP contribution in [0.3, 0.4) is 0 Å². The maximum absolute atomic E-state index is 13.7. The van der Waals surface area contributed by atoms with Gasteiger partial charge in [0.15, 0.2) is 10.8 Å². The number of nitrogens with zero attached hydrogens (tertiary/aromatic N) is 3. The van der Waals surface area contributed by atoms with Crippen LogP contribution in [0, 0.1) is 5.92 Å². The number of ether oxygens (including phenoxy) is 1. The van der Waals surface area contributed by atoms with E-state index in [-0.39, 0.29) is 30.1 Å². The standard InChI is InChI=1S/C29H30N4O5S/c1-18(2)15-21(31-29(37)38-25-11-10-24(39-25)19-7-4-3-5-8-19)28(36)32-14-12-22-26(32)23(34)17-33(22)27(35)20-9-6-13-30-16-20/h3-11,13,16,18,21-22,26H,12,14-15,17H2,1-2H3,(H,31,37). The van der Waals surface area contributed by atoms with Crippen molar-refractivity contribution in [3.8, 4) is 15.5 Å². The quantitative estimate of drug-likeness (QED) is 0.480. The molecule has 10 heteroatoms. The second-order valence-electron chi connectivity index (χ2n) is 10.2. The second-order valence-corrected chi connectivity index (χ2v) is 11.2. The van der Waals surface area contributed by atoms with Crippen molar-refractivity contribution in [3.05, 3.63) is 72.6 Å². The Labute approximate surface area is 230 Å². The van der Waals surface area contributed by atoms with Gasteiger partial charge in [0.2, 0.25) is 5.91 Å². The zero-order valence-corrected chi connectivity index (χ0v) is 22.6. The Morgan fingerprint density at radius 3 is 2.59 bits per heavy atom. The van der Waals surface area contributed by atoms with Gasteiger partial charge in [0, 0.05) is 23.8 Å². The van der Waals surface area contributed by atoms with Gasteiger partial charge in [0.25, 0.3) is 5.91 Å². The van der Waals surface area contributed by atoms with Crippen molar-refractivity contribution in [1.29, 1.82) is 0 Å². The van der Waals surface area contributed by atoms with Crippen LogP contribution < -0.4 is 10.1 Å². The summed E-state index contributed by atoms with van der Waals surface area (Å²) in [7, 11) is 0. The Morgan fingerprint density at radius 2 is 1.87 bits per heavy atom. The Morgan fingerprint density at radius 1 is 1.08 bits per heavy atom. The minimum atomic E-state index is -0.860. The van der Waals surface area contributed by atoms with Crippen molar-refractivity contribution >= 4 is 35.0 Å². The summed E-state index contributed by atoms with van der Waals surface area (Å²) in [5, 5.41) is 3.15. The van der Waals surface area contributed by atoms with Gasteiger partial charge in [-0.05, 0) is 48.6 Å². The summed E-state index contributed by atoms with van der Waals surface area (Å²) in [6.07, 6.45) is 3.21. The Hall–Kier alpha value is -4.05. The summed E-state index contributed by atoms with van der Waals surface area (Å²) < 4.78 is 5.52. The van der Waals surface area contributed by atoms with Crippen molar-refractivity contribution in [2.24, 2.45) is 5.92 Å². The molecule has 0 saturated carbocycles.